The molecule has 0 radical (unpaired) electrons. The molecule has 0 atom stereocenters. The molecule has 0 spiro atoms. The molecule has 0 heterocycles. The van der Waals surface area contributed by atoms with Crippen molar-refractivity contribution in [3.05, 3.63) is 59.7 Å². The fourth-order valence-corrected chi connectivity index (χ4v) is 3.11. The van der Waals surface area contributed by atoms with E-state index < -0.39 is 0 Å². The lowest BCUT2D eigenvalue weighted by molar-refractivity contribution is 0.426. The third-order valence-corrected chi connectivity index (χ3v) is 4.13. The van der Waals surface area contributed by atoms with E-state index in [0.717, 1.165) is 17.5 Å². The average Bonchev–Trinajstić information content (AvgIpc) is 2.56. The Morgan fingerprint density at radius 2 is 1.21 bits per heavy atom. The molecular weight excluding hydrogens is 300 g/mol. The van der Waals surface area contributed by atoms with E-state index in [0.29, 0.717) is 17.4 Å². The van der Waals surface area contributed by atoms with Crippen molar-refractivity contribution < 1.29 is 9.47 Å². The number of ether oxygens (including phenoxy) is 2. The van der Waals surface area contributed by atoms with E-state index in [1.54, 1.807) is 12.5 Å². The summed E-state index contributed by atoms with van der Waals surface area (Å²) in [6, 6.07) is 15.2. The van der Waals surface area contributed by atoms with Gasteiger partial charge in [0.25, 0.3) is 12.5 Å². The molecule has 24 heavy (non-hydrogen) atoms. The van der Waals surface area contributed by atoms with E-state index in [1.807, 2.05) is 48.5 Å². The van der Waals surface area contributed by atoms with E-state index in [9.17, 15) is 0 Å². The van der Waals surface area contributed by atoms with Gasteiger partial charge in [0, 0.05) is 5.41 Å². The van der Waals surface area contributed by atoms with E-state index in [-0.39, 0.29) is 5.41 Å². The van der Waals surface area contributed by atoms with Crippen LogP contribution in [0.25, 0.3) is 0 Å². The van der Waals surface area contributed by atoms with Crippen molar-refractivity contribution in [1.82, 2.24) is 0 Å². The normalized spacial score (nSPS) is 10.8. The minimum Gasteiger partial charge on any atom is -0.388 e. The van der Waals surface area contributed by atoms with Crippen LogP contribution in [0.5, 0.6) is 11.5 Å². The zero-order chi connectivity index (χ0) is 17.6. The zero-order valence-electron chi connectivity index (χ0n) is 14.1. The van der Waals surface area contributed by atoms with Gasteiger partial charge in [0.2, 0.25) is 0 Å². The summed E-state index contributed by atoms with van der Waals surface area (Å²) in [7, 11) is 0. The van der Waals surface area contributed by atoms with Crippen molar-refractivity contribution in [2.24, 2.45) is 5.92 Å². The Bertz CT molecular complexity index is 691. The Labute approximate surface area is 142 Å². The van der Waals surface area contributed by atoms with Gasteiger partial charge in [-0.2, -0.15) is 0 Å². The largest absolute Gasteiger partial charge is 0.388 e. The molecular formula is C20H20N2O2. The predicted octanol–water partition coefficient (Wildman–Crippen LogP) is 4.76. The van der Waals surface area contributed by atoms with Gasteiger partial charge in [-0.3, -0.25) is 0 Å². The molecule has 0 saturated carbocycles. The molecule has 2 rings (SSSR count). The molecule has 0 unspecified atom stereocenters. The number of hydrogen-bond acceptors (Lipinski definition) is 4. The lowest BCUT2D eigenvalue weighted by Crippen LogP contribution is -2.25. The maximum atomic E-state index is 8.61. The SMILES string of the molecule is CC(C)CC(C)(c1ccc(OC#N)cc1)c1ccc(OC#N)cc1. The Morgan fingerprint density at radius 1 is 0.833 bits per heavy atom. The van der Waals surface area contributed by atoms with Crippen molar-refractivity contribution in [3.8, 4) is 24.0 Å². The topological polar surface area (TPSA) is 66.0 Å². The van der Waals surface area contributed by atoms with Crippen molar-refractivity contribution >= 4 is 0 Å². The van der Waals surface area contributed by atoms with Crippen molar-refractivity contribution in [2.75, 3.05) is 0 Å². The highest BCUT2D eigenvalue weighted by molar-refractivity contribution is 5.43. The maximum Gasteiger partial charge on any atom is 0.292 e. The first-order valence-corrected chi connectivity index (χ1v) is 7.82. The molecule has 0 saturated heterocycles. The lowest BCUT2D eigenvalue weighted by Gasteiger charge is -2.33. The molecule has 0 aliphatic carbocycles. The van der Waals surface area contributed by atoms with Gasteiger partial charge in [0.15, 0.2) is 0 Å². The first-order chi connectivity index (χ1) is 11.5. The highest BCUT2D eigenvalue weighted by Gasteiger charge is 2.30. The zero-order valence-corrected chi connectivity index (χ0v) is 14.1. The smallest absolute Gasteiger partial charge is 0.292 e. The summed E-state index contributed by atoms with van der Waals surface area (Å²) in [5.41, 5.74) is 2.11. The van der Waals surface area contributed by atoms with Crippen LogP contribution in [-0.4, -0.2) is 0 Å². The van der Waals surface area contributed by atoms with E-state index >= 15 is 0 Å². The second-order valence-corrected chi connectivity index (χ2v) is 6.37. The second-order valence-electron chi connectivity index (χ2n) is 6.37. The molecule has 4 heteroatoms. The van der Waals surface area contributed by atoms with Gasteiger partial charge in [-0.05, 0) is 47.7 Å². The van der Waals surface area contributed by atoms with Crippen LogP contribution in [0.3, 0.4) is 0 Å². The van der Waals surface area contributed by atoms with Gasteiger partial charge in [-0.15, -0.1) is 10.5 Å². The molecule has 0 bridgehead atoms. The number of nitriles is 2. The lowest BCUT2D eigenvalue weighted by atomic mass is 9.71. The molecule has 0 aliphatic rings. The summed E-state index contributed by atoms with van der Waals surface area (Å²) < 4.78 is 9.72. The second kappa shape index (κ2) is 7.53. The molecule has 0 aromatic heterocycles. The van der Waals surface area contributed by atoms with Crippen LogP contribution in [0.15, 0.2) is 48.5 Å². The summed E-state index contributed by atoms with van der Waals surface area (Å²) >= 11 is 0. The maximum absolute atomic E-state index is 8.61. The van der Waals surface area contributed by atoms with Gasteiger partial charge < -0.3 is 9.47 Å². The third kappa shape index (κ3) is 3.86. The highest BCUT2D eigenvalue weighted by atomic mass is 16.5. The van der Waals surface area contributed by atoms with Crippen LogP contribution in [-0.2, 0) is 5.41 Å². The fraction of sp³-hybridized carbons (Fsp3) is 0.300. The summed E-state index contributed by atoms with van der Waals surface area (Å²) in [6.07, 6.45) is 4.33. The van der Waals surface area contributed by atoms with Crippen LogP contribution in [0.2, 0.25) is 0 Å². The summed E-state index contributed by atoms with van der Waals surface area (Å²) in [5.74, 6) is 1.57. The minimum atomic E-state index is -0.190. The van der Waals surface area contributed by atoms with Crippen molar-refractivity contribution in [2.45, 2.75) is 32.6 Å². The molecule has 0 amide bonds. The summed E-state index contributed by atoms with van der Waals surface area (Å²) in [6.45, 7) is 6.59. The Hall–Kier alpha value is -2.98. The molecule has 4 nitrogen and oxygen atoms in total. The first kappa shape index (κ1) is 17.4. The third-order valence-electron chi connectivity index (χ3n) is 4.13. The van der Waals surface area contributed by atoms with Crippen LogP contribution in [0, 0.1) is 29.0 Å². The van der Waals surface area contributed by atoms with Crippen LogP contribution in [0.4, 0.5) is 0 Å². The highest BCUT2D eigenvalue weighted by Crippen LogP contribution is 2.39. The Morgan fingerprint density at radius 3 is 1.50 bits per heavy atom. The van der Waals surface area contributed by atoms with E-state index in [1.165, 1.54) is 0 Å². The molecule has 0 N–H and O–H groups in total. The standard InChI is InChI=1S/C20H20N2O2/c1-15(2)12-20(3,16-4-8-18(9-5-16)23-13-21)17-6-10-19(11-7-17)24-14-22/h4-11,15H,12H2,1-3H3. The number of benzene rings is 2. The molecule has 122 valence electrons. The monoisotopic (exact) mass is 320 g/mol. The van der Waals surface area contributed by atoms with E-state index in [4.69, 9.17) is 20.0 Å². The number of rotatable bonds is 6. The quantitative estimate of drug-likeness (QED) is 0.720. The van der Waals surface area contributed by atoms with Gasteiger partial charge in [0.1, 0.15) is 11.5 Å². The predicted molar refractivity (Wildman–Crippen MR) is 91.3 cm³/mol. The summed E-state index contributed by atoms with van der Waals surface area (Å²) in [4.78, 5) is 0. The number of hydrogen-bond donors (Lipinski definition) is 0. The van der Waals surface area contributed by atoms with E-state index in [2.05, 4.69) is 20.8 Å². The Balaban J connectivity index is 2.42. The molecule has 2 aromatic carbocycles. The molecule has 0 fully saturated rings. The van der Waals surface area contributed by atoms with Gasteiger partial charge in [-0.1, -0.05) is 45.0 Å². The van der Waals surface area contributed by atoms with Crippen molar-refractivity contribution in [1.29, 1.82) is 10.5 Å². The Kier molecular flexibility index (Phi) is 5.45. The van der Waals surface area contributed by atoms with Crippen LogP contribution in [0.1, 0.15) is 38.3 Å². The van der Waals surface area contributed by atoms with Crippen LogP contribution >= 0.6 is 0 Å². The average molecular weight is 320 g/mol. The fourth-order valence-electron chi connectivity index (χ4n) is 3.11. The van der Waals surface area contributed by atoms with Gasteiger partial charge >= 0.3 is 0 Å². The van der Waals surface area contributed by atoms with Gasteiger partial charge in [-0.25, -0.2) is 0 Å². The van der Waals surface area contributed by atoms with Crippen LogP contribution < -0.4 is 9.47 Å². The molecule has 2 aromatic rings. The number of nitrogens with zero attached hydrogens (tertiary/aromatic N) is 2. The van der Waals surface area contributed by atoms with Crippen molar-refractivity contribution in [3.63, 3.8) is 0 Å². The first-order valence-electron chi connectivity index (χ1n) is 7.82. The summed E-state index contributed by atoms with van der Waals surface area (Å²) in [5, 5.41) is 17.2. The van der Waals surface area contributed by atoms with Gasteiger partial charge in [0.05, 0.1) is 0 Å². The molecule has 0 aliphatic heterocycles. The minimum absolute atomic E-state index is 0.190.